The van der Waals surface area contributed by atoms with Crippen LogP contribution in [0.1, 0.15) is 30.4 Å². The maximum absolute atomic E-state index is 11.9. The van der Waals surface area contributed by atoms with E-state index in [1.54, 1.807) is 7.05 Å². The first-order valence-corrected chi connectivity index (χ1v) is 10.5. The van der Waals surface area contributed by atoms with Gasteiger partial charge in [-0.2, -0.15) is 0 Å². The van der Waals surface area contributed by atoms with Gasteiger partial charge in [0.2, 0.25) is 5.91 Å². The predicted octanol–water partition coefficient (Wildman–Crippen LogP) is 2.84. The zero-order chi connectivity index (χ0) is 20.8. The lowest BCUT2D eigenvalue weighted by atomic mass is 10.2. The molecule has 2 aromatic rings. The lowest BCUT2D eigenvalue weighted by Gasteiger charge is -2.16. The first kappa shape index (κ1) is 20.1. The van der Waals surface area contributed by atoms with E-state index in [1.165, 1.54) is 0 Å². The maximum Gasteiger partial charge on any atom is 0.227 e. The number of guanidine groups is 1. The normalized spacial score (nSPS) is 16.4. The van der Waals surface area contributed by atoms with Crippen LogP contribution in [-0.2, 0) is 17.9 Å². The van der Waals surface area contributed by atoms with Crippen LogP contribution in [0, 0.1) is 0 Å². The van der Waals surface area contributed by atoms with Crippen LogP contribution in [0.3, 0.4) is 0 Å². The minimum Gasteiger partial charge on any atom is -0.490 e. The number of carbonyl (C=O) groups excluding carboxylic acids is 1. The Kier molecular flexibility index (Phi) is 6.37. The third-order valence-electron chi connectivity index (χ3n) is 5.28. The molecule has 0 unspecified atom stereocenters. The van der Waals surface area contributed by atoms with Crippen molar-refractivity contribution in [2.24, 2.45) is 4.99 Å². The van der Waals surface area contributed by atoms with Crippen molar-refractivity contribution < 1.29 is 14.3 Å². The van der Waals surface area contributed by atoms with E-state index in [1.807, 2.05) is 47.4 Å². The van der Waals surface area contributed by atoms with Gasteiger partial charge in [0.15, 0.2) is 17.5 Å². The zero-order valence-electron chi connectivity index (χ0n) is 17.3. The molecule has 1 amide bonds. The summed E-state index contributed by atoms with van der Waals surface area (Å²) in [7, 11) is 1.76. The monoisotopic (exact) mass is 408 g/mol. The molecule has 0 radical (unpaired) electrons. The van der Waals surface area contributed by atoms with Crippen LogP contribution in [0.4, 0.5) is 5.69 Å². The van der Waals surface area contributed by atoms with Gasteiger partial charge in [0.1, 0.15) is 0 Å². The molecule has 0 saturated carbocycles. The zero-order valence-corrected chi connectivity index (χ0v) is 17.3. The number of nitrogens with one attached hydrogen (secondary N) is 2. The molecule has 2 heterocycles. The second kappa shape index (κ2) is 9.52. The number of rotatable bonds is 5. The van der Waals surface area contributed by atoms with Crippen molar-refractivity contribution in [3.05, 3.63) is 53.6 Å². The van der Waals surface area contributed by atoms with E-state index in [9.17, 15) is 4.79 Å². The number of amides is 1. The highest BCUT2D eigenvalue weighted by Gasteiger charge is 2.21. The summed E-state index contributed by atoms with van der Waals surface area (Å²) in [5, 5.41) is 6.66. The van der Waals surface area contributed by atoms with Crippen molar-refractivity contribution in [2.45, 2.75) is 32.4 Å². The van der Waals surface area contributed by atoms with Gasteiger partial charge in [0.25, 0.3) is 0 Å². The fourth-order valence-corrected chi connectivity index (χ4v) is 3.62. The molecule has 2 aromatic carbocycles. The smallest absolute Gasteiger partial charge is 0.227 e. The SMILES string of the molecule is CN=C(NCc1ccc(N2CCCC2=O)cc1)NCc1ccc2c(c1)OCCCO2. The summed E-state index contributed by atoms with van der Waals surface area (Å²) in [5.74, 6) is 2.53. The quantitative estimate of drug-likeness (QED) is 0.588. The van der Waals surface area contributed by atoms with Crippen LogP contribution in [0.2, 0.25) is 0 Å². The summed E-state index contributed by atoms with van der Waals surface area (Å²) in [6.45, 7) is 3.46. The molecular formula is C23H28N4O3. The van der Waals surface area contributed by atoms with Crippen molar-refractivity contribution >= 4 is 17.6 Å². The number of hydrogen-bond donors (Lipinski definition) is 2. The molecule has 0 aliphatic carbocycles. The van der Waals surface area contributed by atoms with E-state index in [4.69, 9.17) is 9.47 Å². The molecule has 0 spiro atoms. The number of nitrogens with zero attached hydrogens (tertiary/aromatic N) is 2. The van der Waals surface area contributed by atoms with E-state index >= 15 is 0 Å². The molecule has 2 aliphatic rings. The van der Waals surface area contributed by atoms with Gasteiger partial charge in [0, 0.05) is 45.2 Å². The third kappa shape index (κ3) is 4.84. The Hall–Kier alpha value is -3.22. The molecule has 30 heavy (non-hydrogen) atoms. The maximum atomic E-state index is 11.9. The number of ether oxygens (including phenoxy) is 2. The van der Waals surface area contributed by atoms with Crippen LogP contribution >= 0.6 is 0 Å². The number of aliphatic imine (C=N–C) groups is 1. The Morgan fingerprint density at radius 2 is 1.67 bits per heavy atom. The average molecular weight is 409 g/mol. The van der Waals surface area contributed by atoms with Crippen LogP contribution < -0.4 is 25.0 Å². The van der Waals surface area contributed by atoms with Crippen molar-refractivity contribution in [3.63, 3.8) is 0 Å². The summed E-state index contributed by atoms with van der Waals surface area (Å²) >= 11 is 0. The topological polar surface area (TPSA) is 75.2 Å². The highest BCUT2D eigenvalue weighted by molar-refractivity contribution is 5.95. The Labute approximate surface area is 177 Å². The summed E-state index contributed by atoms with van der Waals surface area (Å²) in [6.07, 6.45) is 2.48. The van der Waals surface area contributed by atoms with Gasteiger partial charge in [-0.1, -0.05) is 18.2 Å². The van der Waals surface area contributed by atoms with E-state index in [-0.39, 0.29) is 5.91 Å². The van der Waals surface area contributed by atoms with Crippen LogP contribution in [0.25, 0.3) is 0 Å². The molecule has 2 N–H and O–H groups in total. The molecule has 1 fully saturated rings. The Morgan fingerprint density at radius 1 is 0.967 bits per heavy atom. The van der Waals surface area contributed by atoms with Crippen molar-refractivity contribution in [3.8, 4) is 11.5 Å². The van der Waals surface area contributed by atoms with Crippen molar-refractivity contribution in [2.75, 3.05) is 31.7 Å². The largest absolute Gasteiger partial charge is 0.490 e. The predicted molar refractivity (Wildman–Crippen MR) is 117 cm³/mol. The van der Waals surface area contributed by atoms with Crippen LogP contribution in [-0.4, -0.2) is 38.7 Å². The van der Waals surface area contributed by atoms with Crippen LogP contribution in [0.5, 0.6) is 11.5 Å². The highest BCUT2D eigenvalue weighted by Crippen LogP contribution is 2.30. The van der Waals surface area contributed by atoms with Gasteiger partial charge in [-0.3, -0.25) is 9.79 Å². The standard InChI is InChI=1S/C23H28N4O3/c1-24-23(26-16-18-7-10-20-21(14-18)30-13-3-12-29-20)25-15-17-5-8-19(9-6-17)27-11-2-4-22(27)28/h5-10,14H,2-4,11-13,15-16H2,1H3,(H2,24,25,26). The number of hydrogen-bond acceptors (Lipinski definition) is 4. The van der Waals surface area contributed by atoms with E-state index in [0.717, 1.165) is 53.7 Å². The molecular weight excluding hydrogens is 380 g/mol. The molecule has 0 atom stereocenters. The fraction of sp³-hybridized carbons (Fsp3) is 0.391. The second-order valence-electron chi connectivity index (χ2n) is 7.43. The Balaban J connectivity index is 1.29. The molecule has 7 heteroatoms. The second-order valence-corrected chi connectivity index (χ2v) is 7.43. The summed E-state index contributed by atoms with van der Waals surface area (Å²) in [4.78, 5) is 18.0. The lowest BCUT2D eigenvalue weighted by Crippen LogP contribution is -2.36. The summed E-state index contributed by atoms with van der Waals surface area (Å²) in [6, 6.07) is 14.1. The molecule has 1 saturated heterocycles. The lowest BCUT2D eigenvalue weighted by molar-refractivity contribution is -0.117. The van der Waals surface area contributed by atoms with Gasteiger partial charge < -0.3 is 25.0 Å². The minimum absolute atomic E-state index is 0.209. The highest BCUT2D eigenvalue weighted by atomic mass is 16.5. The summed E-state index contributed by atoms with van der Waals surface area (Å²) in [5.41, 5.74) is 3.20. The van der Waals surface area contributed by atoms with Crippen molar-refractivity contribution in [1.29, 1.82) is 0 Å². The minimum atomic E-state index is 0.209. The van der Waals surface area contributed by atoms with Gasteiger partial charge in [-0.15, -0.1) is 0 Å². The molecule has 4 rings (SSSR count). The Bertz CT molecular complexity index is 911. The molecule has 7 nitrogen and oxygen atoms in total. The number of benzene rings is 2. The van der Waals surface area contributed by atoms with Gasteiger partial charge >= 0.3 is 0 Å². The van der Waals surface area contributed by atoms with Gasteiger partial charge in [-0.25, -0.2) is 0 Å². The third-order valence-corrected chi connectivity index (χ3v) is 5.28. The van der Waals surface area contributed by atoms with E-state index in [2.05, 4.69) is 15.6 Å². The van der Waals surface area contributed by atoms with Gasteiger partial charge in [-0.05, 0) is 41.8 Å². The first-order chi connectivity index (χ1) is 14.7. The number of anilines is 1. The van der Waals surface area contributed by atoms with Gasteiger partial charge in [0.05, 0.1) is 13.2 Å². The Morgan fingerprint density at radius 3 is 2.37 bits per heavy atom. The number of carbonyl (C=O) groups is 1. The number of fused-ring (bicyclic) bond motifs is 1. The van der Waals surface area contributed by atoms with E-state index < -0.39 is 0 Å². The first-order valence-electron chi connectivity index (χ1n) is 10.5. The van der Waals surface area contributed by atoms with Crippen LogP contribution in [0.15, 0.2) is 47.5 Å². The molecule has 158 valence electrons. The summed E-state index contributed by atoms with van der Waals surface area (Å²) < 4.78 is 11.4. The molecule has 0 bridgehead atoms. The fourth-order valence-electron chi connectivity index (χ4n) is 3.62. The molecule has 0 aromatic heterocycles. The molecule has 2 aliphatic heterocycles. The van der Waals surface area contributed by atoms with Crippen molar-refractivity contribution in [1.82, 2.24) is 10.6 Å². The van der Waals surface area contributed by atoms with E-state index in [0.29, 0.717) is 32.7 Å². The average Bonchev–Trinajstić information content (AvgIpc) is 3.06.